The van der Waals surface area contributed by atoms with Crippen molar-refractivity contribution in [1.82, 2.24) is 4.90 Å². The first-order valence-corrected chi connectivity index (χ1v) is 7.07. The van der Waals surface area contributed by atoms with Crippen LogP contribution >= 0.6 is 15.9 Å². The number of benzene rings is 1. The van der Waals surface area contributed by atoms with Crippen molar-refractivity contribution in [3.05, 3.63) is 34.1 Å². The molecule has 1 heterocycles. The van der Waals surface area contributed by atoms with Crippen LogP contribution in [0.15, 0.2) is 22.7 Å². The van der Waals surface area contributed by atoms with Gasteiger partial charge in [0.15, 0.2) is 0 Å². The van der Waals surface area contributed by atoms with Gasteiger partial charge in [-0.05, 0) is 54.2 Å². The van der Waals surface area contributed by atoms with E-state index in [9.17, 15) is 4.39 Å². The van der Waals surface area contributed by atoms with Crippen LogP contribution < -0.4 is 0 Å². The molecule has 2 unspecified atom stereocenters. The molecule has 1 aliphatic heterocycles. The van der Waals surface area contributed by atoms with Crippen molar-refractivity contribution in [2.24, 2.45) is 0 Å². The molecule has 1 fully saturated rings. The van der Waals surface area contributed by atoms with Crippen LogP contribution in [0.1, 0.15) is 38.7 Å². The fourth-order valence-electron chi connectivity index (χ4n) is 2.65. The molecule has 3 heteroatoms. The standard InChI is InChI=1S/C14H19BrFN/c1-10-5-3-6-11(2)17(10)9-12-7-4-8-13(16)14(12)15/h4,7-8,10-11H,3,5-6,9H2,1-2H3. The van der Waals surface area contributed by atoms with Crippen LogP contribution in [-0.2, 0) is 6.54 Å². The van der Waals surface area contributed by atoms with Gasteiger partial charge in [-0.15, -0.1) is 0 Å². The third kappa shape index (κ3) is 2.89. The van der Waals surface area contributed by atoms with Crippen molar-refractivity contribution < 1.29 is 4.39 Å². The highest BCUT2D eigenvalue weighted by Crippen LogP contribution is 2.28. The summed E-state index contributed by atoms with van der Waals surface area (Å²) < 4.78 is 14.1. The summed E-state index contributed by atoms with van der Waals surface area (Å²) in [4.78, 5) is 2.48. The van der Waals surface area contributed by atoms with E-state index in [1.165, 1.54) is 25.3 Å². The van der Waals surface area contributed by atoms with E-state index in [0.717, 1.165) is 12.1 Å². The highest BCUT2D eigenvalue weighted by atomic mass is 79.9. The third-order valence-corrected chi connectivity index (χ3v) is 4.65. The Morgan fingerprint density at radius 2 is 1.94 bits per heavy atom. The molecule has 0 spiro atoms. The molecule has 1 aromatic rings. The van der Waals surface area contributed by atoms with E-state index in [1.54, 1.807) is 6.07 Å². The molecule has 0 amide bonds. The Morgan fingerprint density at radius 3 is 2.59 bits per heavy atom. The number of likely N-dealkylation sites (tertiary alicyclic amines) is 1. The first kappa shape index (κ1) is 13.0. The quantitative estimate of drug-likeness (QED) is 0.785. The molecule has 0 aliphatic carbocycles. The summed E-state index contributed by atoms with van der Waals surface area (Å²) in [5.41, 5.74) is 1.05. The molecule has 2 atom stereocenters. The van der Waals surface area contributed by atoms with Crippen molar-refractivity contribution in [3.8, 4) is 0 Å². The molecule has 0 N–H and O–H groups in total. The minimum atomic E-state index is -0.167. The lowest BCUT2D eigenvalue weighted by atomic mass is 9.97. The average molecular weight is 300 g/mol. The van der Waals surface area contributed by atoms with Crippen LogP contribution in [0.4, 0.5) is 4.39 Å². The summed E-state index contributed by atoms with van der Waals surface area (Å²) in [6, 6.07) is 6.47. The largest absolute Gasteiger partial charge is 0.294 e. The summed E-state index contributed by atoms with van der Waals surface area (Å²) in [6.07, 6.45) is 3.80. The van der Waals surface area contributed by atoms with E-state index in [1.807, 2.05) is 6.07 Å². The fraction of sp³-hybridized carbons (Fsp3) is 0.571. The van der Waals surface area contributed by atoms with Crippen LogP contribution in [-0.4, -0.2) is 17.0 Å². The fourth-order valence-corrected chi connectivity index (χ4v) is 3.04. The first-order valence-electron chi connectivity index (χ1n) is 6.28. The molecule has 1 nitrogen and oxygen atoms in total. The molecule has 0 bridgehead atoms. The molecule has 1 saturated heterocycles. The van der Waals surface area contributed by atoms with E-state index in [4.69, 9.17) is 0 Å². The Bertz CT molecular complexity index is 384. The second kappa shape index (κ2) is 5.49. The molecule has 0 radical (unpaired) electrons. The van der Waals surface area contributed by atoms with Gasteiger partial charge in [0.2, 0.25) is 0 Å². The highest BCUT2D eigenvalue weighted by molar-refractivity contribution is 9.10. The molecule has 0 saturated carbocycles. The first-order chi connectivity index (χ1) is 8.09. The summed E-state index contributed by atoms with van der Waals surface area (Å²) in [5, 5.41) is 0. The van der Waals surface area contributed by atoms with E-state index in [2.05, 4.69) is 34.7 Å². The van der Waals surface area contributed by atoms with E-state index < -0.39 is 0 Å². The van der Waals surface area contributed by atoms with Gasteiger partial charge in [-0.3, -0.25) is 4.90 Å². The molecule has 0 aromatic heterocycles. The zero-order valence-corrected chi connectivity index (χ0v) is 12.0. The molecule has 1 aromatic carbocycles. The van der Waals surface area contributed by atoms with Crippen LogP contribution in [0.25, 0.3) is 0 Å². The highest BCUT2D eigenvalue weighted by Gasteiger charge is 2.25. The summed E-state index contributed by atoms with van der Waals surface area (Å²) in [5.74, 6) is -0.167. The van der Waals surface area contributed by atoms with Crippen molar-refractivity contribution in [2.75, 3.05) is 0 Å². The van der Waals surface area contributed by atoms with Gasteiger partial charge in [0, 0.05) is 18.6 Å². The molecule has 1 aliphatic rings. The SMILES string of the molecule is CC1CCCC(C)N1Cc1cccc(F)c1Br. The summed E-state index contributed by atoms with van der Waals surface area (Å²) in [6.45, 7) is 5.37. The topological polar surface area (TPSA) is 3.24 Å². The van der Waals surface area contributed by atoms with Crippen molar-refractivity contribution in [3.63, 3.8) is 0 Å². The lowest BCUT2D eigenvalue weighted by Crippen LogP contribution is -2.43. The summed E-state index contributed by atoms with van der Waals surface area (Å²) in [7, 11) is 0. The normalized spacial score (nSPS) is 26.1. The summed E-state index contributed by atoms with van der Waals surface area (Å²) >= 11 is 3.35. The lowest BCUT2D eigenvalue weighted by molar-refractivity contribution is 0.0949. The Balaban J connectivity index is 2.16. The van der Waals surface area contributed by atoms with Gasteiger partial charge in [0.25, 0.3) is 0 Å². The minimum Gasteiger partial charge on any atom is -0.294 e. The second-order valence-electron chi connectivity index (χ2n) is 5.01. The zero-order chi connectivity index (χ0) is 12.4. The second-order valence-corrected chi connectivity index (χ2v) is 5.81. The monoisotopic (exact) mass is 299 g/mol. The van der Waals surface area contributed by atoms with Gasteiger partial charge in [-0.2, -0.15) is 0 Å². The third-order valence-electron chi connectivity index (χ3n) is 3.76. The van der Waals surface area contributed by atoms with Gasteiger partial charge in [-0.25, -0.2) is 4.39 Å². The molecular formula is C14H19BrFN. The molecule has 94 valence electrons. The molecule has 17 heavy (non-hydrogen) atoms. The van der Waals surface area contributed by atoms with E-state index in [-0.39, 0.29) is 5.82 Å². The Kier molecular flexibility index (Phi) is 4.21. The number of rotatable bonds is 2. The number of halogens is 2. The molecular weight excluding hydrogens is 281 g/mol. The number of hydrogen-bond donors (Lipinski definition) is 0. The maximum atomic E-state index is 13.5. The van der Waals surface area contributed by atoms with Crippen LogP contribution in [0.5, 0.6) is 0 Å². The minimum absolute atomic E-state index is 0.167. The Morgan fingerprint density at radius 1 is 1.29 bits per heavy atom. The smallest absolute Gasteiger partial charge is 0.137 e. The number of nitrogens with zero attached hydrogens (tertiary/aromatic N) is 1. The maximum Gasteiger partial charge on any atom is 0.137 e. The van der Waals surface area contributed by atoms with E-state index >= 15 is 0 Å². The Hall–Kier alpha value is -0.410. The van der Waals surface area contributed by atoms with Crippen LogP contribution in [0.3, 0.4) is 0 Å². The maximum absolute atomic E-state index is 13.5. The van der Waals surface area contributed by atoms with Crippen LogP contribution in [0, 0.1) is 5.82 Å². The number of piperidine rings is 1. The predicted molar refractivity (Wildman–Crippen MR) is 72.4 cm³/mol. The van der Waals surface area contributed by atoms with Gasteiger partial charge in [0.1, 0.15) is 5.82 Å². The lowest BCUT2D eigenvalue weighted by Gasteiger charge is -2.39. The Labute approximate surface area is 111 Å². The van der Waals surface area contributed by atoms with Crippen molar-refractivity contribution in [1.29, 1.82) is 0 Å². The molecule has 2 rings (SSSR count). The van der Waals surface area contributed by atoms with Gasteiger partial charge in [-0.1, -0.05) is 18.6 Å². The van der Waals surface area contributed by atoms with Crippen LogP contribution in [0.2, 0.25) is 0 Å². The van der Waals surface area contributed by atoms with Gasteiger partial charge < -0.3 is 0 Å². The van der Waals surface area contributed by atoms with E-state index in [0.29, 0.717) is 16.6 Å². The zero-order valence-electron chi connectivity index (χ0n) is 10.4. The average Bonchev–Trinajstić information content (AvgIpc) is 2.29. The van der Waals surface area contributed by atoms with Gasteiger partial charge >= 0.3 is 0 Å². The van der Waals surface area contributed by atoms with Crippen molar-refractivity contribution >= 4 is 15.9 Å². The predicted octanol–water partition coefficient (Wildman–Crippen LogP) is 4.35. The number of hydrogen-bond acceptors (Lipinski definition) is 1. The van der Waals surface area contributed by atoms with Gasteiger partial charge in [0.05, 0.1) is 4.47 Å². The van der Waals surface area contributed by atoms with Crippen molar-refractivity contribution in [2.45, 2.75) is 51.7 Å².